The van der Waals surface area contributed by atoms with Crippen molar-refractivity contribution in [1.29, 1.82) is 0 Å². The topological polar surface area (TPSA) is 17.1 Å². The Morgan fingerprint density at radius 3 is 2.69 bits per heavy atom. The fraction of sp³-hybridized carbons (Fsp3) is 0.125. The van der Waals surface area contributed by atoms with Gasteiger partial charge in [0.1, 0.15) is 0 Å². The van der Waals surface area contributed by atoms with Crippen LogP contribution in [0.25, 0.3) is 0 Å². The maximum Gasteiger partial charge on any atom is 0.180 e. The lowest BCUT2D eigenvalue weighted by molar-refractivity contribution is 0.101. The third kappa shape index (κ3) is 2.42. The van der Waals surface area contributed by atoms with Crippen molar-refractivity contribution >= 4 is 44.9 Å². The lowest BCUT2D eigenvalue weighted by atomic mass is 10.1. The highest BCUT2D eigenvalue weighted by molar-refractivity contribution is 9.10. The van der Waals surface area contributed by atoms with Crippen LogP contribution in [-0.2, 0) is 0 Å². The average molecular weight is 286 g/mol. The van der Waals surface area contributed by atoms with Gasteiger partial charge in [0.05, 0.1) is 16.5 Å². The molecule has 13 heavy (non-hydrogen) atoms. The number of Topliss-reactive ketones (excluding diaryl/α,β-unsaturated/α-hetero) is 1. The van der Waals surface area contributed by atoms with Crippen LogP contribution in [0.2, 0.25) is 5.02 Å². The van der Waals surface area contributed by atoms with Crippen molar-refractivity contribution in [3.63, 3.8) is 0 Å². The molecule has 0 aliphatic rings. The molecule has 0 heterocycles. The first-order valence-electron chi connectivity index (χ1n) is 3.30. The number of carbonyl (C=O) groups excluding carboxylic acids is 1. The van der Waals surface area contributed by atoms with E-state index < -0.39 is 11.6 Å². The molecule has 0 spiro atoms. The molecule has 0 saturated carbocycles. The molecule has 1 nitrogen and oxygen atoms in total. The van der Waals surface area contributed by atoms with Crippen LogP contribution in [0, 0.1) is 5.82 Å². The fourth-order valence-corrected chi connectivity index (χ4v) is 1.78. The molecule has 0 atom stereocenters. The molecule has 0 radical (unpaired) electrons. The molecule has 5 heteroatoms. The molecule has 0 saturated heterocycles. The molecule has 0 aromatic heterocycles. The lowest BCUT2D eigenvalue weighted by Crippen LogP contribution is -2.04. The number of carbonyl (C=O) groups is 1. The highest BCUT2D eigenvalue weighted by Crippen LogP contribution is 2.24. The quantitative estimate of drug-likeness (QED) is 0.460. The molecule has 0 unspecified atom stereocenters. The standard InChI is InChI=1S/C8H4BrCl2FO/c9-4-1-5(7(13)3-10)8(12)6(11)2-4/h1-2H,3H2. The summed E-state index contributed by atoms with van der Waals surface area (Å²) in [5.41, 5.74) is -0.0885. The Bertz CT molecular complexity index is 354. The molecule has 1 rings (SSSR count). The number of rotatable bonds is 2. The summed E-state index contributed by atoms with van der Waals surface area (Å²) in [5.74, 6) is -1.47. The van der Waals surface area contributed by atoms with Crippen molar-refractivity contribution in [1.82, 2.24) is 0 Å². The number of alkyl halides is 1. The van der Waals surface area contributed by atoms with Crippen LogP contribution in [0.15, 0.2) is 16.6 Å². The van der Waals surface area contributed by atoms with E-state index in [-0.39, 0.29) is 16.5 Å². The molecule has 0 bridgehead atoms. The van der Waals surface area contributed by atoms with E-state index in [1.165, 1.54) is 12.1 Å². The van der Waals surface area contributed by atoms with Gasteiger partial charge in [-0.1, -0.05) is 27.5 Å². The van der Waals surface area contributed by atoms with E-state index in [9.17, 15) is 9.18 Å². The predicted molar refractivity (Wildman–Crippen MR) is 54.2 cm³/mol. The van der Waals surface area contributed by atoms with Crippen molar-refractivity contribution in [2.75, 3.05) is 5.88 Å². The van der Waals surface area contributed by atoms with Crippen LogP contribution >= 0.6 is 39.1 Å². The zero-order valence-corrected chi connectivity index (χ0v) is 9.38. The van der Waals surface area contributed by atoms with Crippen molar-refractivity contribution in [3.05, 3.63) is 33.0 Å². The first-order chi connectivity index (χ1) is 6.06. The smallest absolute Gasteiger partial charge is 0.180 e. The van der Waals surface area contributed by atoms with Crippen LogP contribution < -0.4 is 0 Å². The van der Waals surface area contributed by atoms with E-state index in [0.29, 0.717) is 4.47 Å². The van der Waals surface area contributed by atoms with Crippen LogP contribution in [0.4, 0.5) is 4.39 Å². The van der Waals surface area contributed by atoms with Crippen LogP contribution in [0.1, 0.15) is 10.4 Å². The summed E-state index contributed by atoms with van der Waals surface area (Å²) in [6, 6.07) is 2.73. The van der Waals surface area contributed by atoms with Crippen LogP contribution in [0.3, 0.4) is 0 Å². The van der Waals surface area contributed by atoms with E-state index in [2.05, 4.69) is 15.9 Å². The van der Waals surface area contributed by atoms with Gasteiger partial charge in [0, 0.05) is 4.47 Å². The van der Waals surface area contributed by atoms with Gasteiger partial charge in [-0.2, -0.15) is 0 Å². The van der Waals surface area contributed by atoms with Gasteiger partial charge in [0.15, 0.2) is 11.6 Å². The van der Waals surface area contributed by atoms with Gasteiger partial charge in [-0.15, -0.1) is 11.6 Å². The second-order valence-corrected chi connectivity index (χ2v) is 3.90. The summed E-state index contributed by atoms with van der Waals surface area (Å²) >= 11 is 13.9. The molecule has 0 fully saturated rings. The van der Waals surface area contributed by atoms with Gasteiger partial charge < -0.3 is 0 Å². The number of ketones is 1. The Balaban J connectivity index is 3.28. The highest BCUT2D eigenvalue weighted by atomic mass is 79.9. The zero-order valence-electron chi connectivity index (χ0n) is 6.28. The number of benzene rings is 1. The molecule has 1 aromatic rings. The first-order valence-corrected chi connectivity index (χ1v) is 5.00. The Kier molecular flexibility index (Phi) is 3.71. The monoisotopic (exact) mass is 284 g/mol. The fourth-order valence-electron chi connectivity index (χ4n) is 0.831. The van der Waals surface area contributed by atoms with Crippen molar-refractivity contribution in [2.45, 2.75) is 0 Å². The van der Waals surface area contributed by atoms with E-state index >= 15 is 0 Å². The Morgan fingerprint density at radius 2 is 2.15 bits per heavy atom. The molecule has 0 aliphatic heterocycles. The van der Waals surface area contributed by atoms with E-state index in [0.717, 1.165) is 0 Å². The van der Waals surface area contributed by atoms with Crippen molar-refractivity contribution in [3.8, 4) is 0 Å². The van der Waals surface area contributed by atoms with E-state index in [4.69, 9.17) is 23.2 Å². The third-order valence-corrected chi connectivity index (χ3v) is 2.39. The zero-order chi connectivity index (χ0) is 10.0. The van der Waals surface area contributed by atoms with Gasteiger partial charge in [0.25, 0.3) is 0 Å². The molecular weight excluding hydrogens is 282 g/mol. The number of hydrogen-bond acceptors (Lipinski definition) is 1. The second kappa shape index (κ2) is 4.40. The Hall–Kier alpha value is -0.120. The van der Waals surface area contributed by atoms with Crippen molar-refractivity contribution < 1.29 is 9.18 Å². The minimum atomic E-state index is -0.726. The third-order valence-electron chi connectivity index (χ3n) is 1.41. The number of hydrogen-bond donors (Lipinski definition) is 0. The first kappa shape index (κ1) is 11.0. The molecule has 70 valence electrons. The summed E-state index contributed by atoms with van der Waals surface area (Å²) in [6.07, 6.45) is 0. The summed E-state index contributed by atoms with van der Waals surface area (Å²) in [5, 5.41) is -0.0946. The largest absolute Gasteiger partial charge is 0.293 e. The minimum absolute atomic E-state index is 0.0885. The maximum atomic E-state index is 13.2. The Morgan fingerprint density at radius 1 is 1.54 bits per heavy atom. The minimum Gasteiger partial charge on any atom is -0.293 e. The molecule has 0 aliphatic carbocycles. The summed E-state index contributed by atoms with van der Waals surface area (Å²) in [6.45, 7) is 0. The van der Waals surface area contributed by atoms with E-state index in [1.54, 1.807) is 0 Å². The van der Waals surface area contributed by atoms with Gasteiger partial charge in [0.2, 0.25) is 0 Å². The normalized spacial score (nSPS) is 10.2. The van der Waals surface area contributed by atoms with Gasteiger partial charge in [-0.3, -0.25) is 4.79 Å². The summed E-state index contributed by atoms with van der Waals surface area (Å²) in [7, 11) is 0. The van der Waals surface area contributed by atoms with Gasteiger partial charge >= 0.3 is 0 Å². The highest BCUT2D eigenvalue weighted by Gasteiger charge is 2.14. The lowest BCUT2D eigenvalue weighted by Gasteiger charge is -2.02. The SMILES string of the molecule is O=C(CCl)c1cc(Br)cc(Cl)c1F. The Labute approximate surface area is 93.0 Å². The molecule has 0 amide bonds. The molecular formula is C8H4BrCl2FO. The average Bonchev–Trinajstić information content (AvgIpc) is 2.10. The second-order valence-electron chi connectivity index (χ2n) is 2.31. The van der Waals surface area contributed by atoms with Gasteiger partial charge in [-0.25, -0.2) is 4.39 Å². The predicted octanol–water partition coefficient (Wildman–Crippen LogP) is 3.66. The van der Waals surface area contributed by atoms with E-state index in [1.807, 2.05) is 0 Å². The maximum absolute atomic E-state index is 13.2. The summed E-state index contributed by atoms with van der Waals surface area (Å²) < 4.78 is 13.7. The molecule has 0 N–H and O–H groups in total. The van der Waals surface area contributed by atoms with Crippen LogP contribution in [-0.4, -0.2) is 11.7 Å². The molecule has 1 aromatic carbocycles. The van der Waals surface area contributed by atoms with Crippen LogP contribution in [0.5, 0.6) is 0 Å². The van der Waals surface area contributed by atoms with Gasteiger partial charge in [-0.05, 0) is 12.1 Å². The number of halogens is 4. The van der Waals surface area contributed by atoms with Crippen molar-refractivity contribution in [2.24, 2.45) is 0 Å². The summed E-state index contributed by atoms with van der Waals surface area (Å²) in [4.78, 5) is 11.1.